The number of rotatable bonds is 4. The number of hydrogen-bond acceptors (Lipinski definition) is 2. The Balaban J connectivity index is 2.31. The standard InChI is InChI=1S/C15H12BrF2NO2/c1-2-21-13-7-6-9(16)8-12(13)19-15(20)10-4-3-5-11(17)14(10)18/h3-8H,2H2,1H3,(H,19,20). The molecule has 0 aliphatic carbocycles. The van der Waals surface area contributed by atoms with Crippen LogP contribution in [0.1, 0.15) is 17.3 Å². The van der Waals surface area contributed by atoms with E-state index in [0.717, 1.165) is 10.5 Å². The highest BCUT2D eigenvalue weighted by Crippen LogP contribution is 2.29. The Morgan fingerprint density at radius 2 is 2.05 bits per heavy atom. The van der Waals surface area contributed by atoms with E-state index in [1.165, 1.54) is 12.1 Å². The monoisotopic (exact) mass is 355 g/mol. The summed E-state index contributed by atoms with van der Waals surface area (Å²) in [6.07, 6.45) is 0. The van der Waals surface area contributed by atoms with Crippen LogP contribution >= 0.6 is 15.9 Å². The number of amides is 1. The van der Waals surface area contributed by atoms with E-state index in [1.54, 1.807) is 25.1 Å². The number of carbonyl (C=O) groups excluding carboxylic acids is 1. The summed E-state index contributed by atoms with van der Waals surface area (Å²) in [5.41, 5.74) is 0.0114. The molecule has 6 heteroatoms. The summed E-state index contributed by atoms with van der Waals surface area (Å²) in [5, 5.41) is 2.52. The number of benzene rings is 2. The van der Waals surface area contributed by atoms with Crippen molar-refractivity contribution < 1.29 is 18.3 Å². The van der Waals surface area contributed by atoms with E-state index in [0.29, 0.717) is 18.0 Å². The lowest BCUT2D eigenvalue weighted by atomic mass is 10.2. The normalized spacial score (nSPS) is 10.3. The number of halogens is 3. The molecule has 0 bridgehead atoms. The predicted molar refractivity (Wildman–Crippen MR) is 79.6 cm³/mol. The van der Waals surface area contributed by atoms with Gasteiger partial charge in [-0.25, -0.2) is 8.78 Å². The molecule has 2 rings (SSSR count). The molecule has 3 nitrogen and oxygen atoms in total. The zero-order chi connectivity index (χ0) is 15.4. The van der Waals surface area contributed by atoms with Gasteiger partial charge in [0.25, 0.3) is 5.91 Å². The Bertz CT molecular complexity index is 677. The molecule has 2 aromatic carbocycles. The van der Waals surface area contributed by atoms with Crippen LogP contribution in [0.4, 0.5) is 14.5 Å². The summed E-state index contributed by atoms with van der Waals surface area (Å²) >= 11 is 3.28. The van der Waals surface area contributed by atoms with Gasteiger partial charge in [0.05, 0.1) is 17.9 Å². The Hall–Kier alpha value is -1.95. The summed E-state index contributed by atoms with van der Waals surface area (Å²) in [5.74, 6) is -2.54. The molecule has 0 fully saturated rings. The van der Waals surface area contributed by atoms with Crippen LogP contribution in [0.3, 0.4) is 0 Å². The van der Waals surface area contributed by atoms with Gasteiger partial charge in [-0.05, 0) is 37.3 Å². The van der Waals surface area contributed by atoms with Crippen molar-refractivity contribution in [1.82, 2.24) is 0 Å². The molecular formula is C15H12BrF2NO2. The summed E-state index contributed by atoms with van der Waals surface area (Å²) in [4.78, 5) is 12.1. The quantitative estimate of drug-likeness (QED) is 0.883. The fourth-order valence-corrected chi connectivity index (χ4v) is 2.11. The fraction of sp³-hybridized carbons (Fsp3) is 0.133. The first kappa shape index (κ1) is 15.4. The van der Waals surface area contributed by atoms with E-state index >= 15 is 0 Å². The topological polar surface area (TPSA) is 38.3 Å². The molecule has 21 heavy (non-hydrogen) atoms. The fourth-order valence-electron chi connectivity index (χ4n) is 1.75. The highest BCUT2D eigenvalue weighted by atomic mass is 79.9. The molecule has 0 spiro atoms. The van der Waals surface area contributed by atoms with Gasteiger partial charge in [0.1, 0.15) is 5.75 Å². The van der Waals surface area contributed by atoms with Gasteiger partial charge in [-0.1, -0.05) is 22.0 Å². The van der Waals surface area contributed by atoms with Gasteiger partial charge in [-0.3, -0.25) is 4.79 Å². The van der Waals surface area contributed by atoms with Crippen LogP contribution in [0, 0.1) is 11.6 Å². The number of anilines is 1. The van der Waals surface area contributed by atoms with Crippen LogP contribution in [0.5, 0.6) is 5.75 Å². The highest BCUT2D eigenvalue weighted by Gasteiger charge is 2.16. The highest BCUT2D eigenvalue weighted by molar-refractivity contribution is 9.10. The van der Waals surface area contributed by atoms with Crippen LogP contribution in [0.2, 0.25) is 0 Å². The molecule has 0 unspecified atom stereocenters. The van der Waals surface area contributed by atoms with Crippen LogP contribution in [-0.2, 0) is 0 Å². The number of nitrogens with one attached hydrogen (secondary N) is 1. The molecule has 110 valence electrons. The summed E-state index contributed by atoms with van der Waals surface area (Å²) < 4.78 is 32.9. The Labute approximate surface area is 129 Å². The van der Waals surface area contributed by atoms with E-state index in [1.807, 2.05) is 0 Å². The van der Waals surface area contributed by atoms with E-state index in [9.17, 15) is 13.6 Å². The SMILES string of the molecule is CCOc1ccc(Br)cc1NC(=O)c1cccc(F)c1F. The van der Waals surface area contributed by atoms with Crippen molar-refractivity contribution in [1.29, 1.82) is 0 Å². The van der Waals surface area contributed by atoms with Gasteiger partial charge >= 0.3 is 0 Å². The van der Waals surface area contributed by atoms with Crippen LogP contribution in [0.15, 0.2) is 40.9 Å². The molecule has 0 aliphatic heterocycles. The molecule has 2 aromatic rings. The predicted octanol–water partition coefficient (Wildman–Crippen LogP) is 4.38. The zero-order valence-electron chi connectivity index (χ0n) is 11.1. The van der Waals surface area contributed by atoms with Crippen LogP contribution in [-0.4, -0.2) is 12.5 Å². The van der Waals surface area contributed by atoms with Crippen molar-refractivity contribution in [2.45, 2.75) is 6.92 Å². The molecule has 0 radical (unpaired) electrons. The Morgan fingerprint density at radius 1 is 1.29 bits per heavy atom. The van der Waals surface area contributed by atoms with Gasteiger partial charge in [-0.2, -0.15) is 0 Å². The summed E-state index contributed by atoms with van der Waals surface area (Å²) in [6.45, 7) is 2.22. The molecule has 1 amide bonds. The third-order valence-electron chi connectivity index (χ3n) is 2.69. The number of hydrogen-bond donors (Lipinski definition) is 1. The van der Waals surface area contributed by atoms with Crippen LogP contribution in [0.25, 0.3) is 0 Å². The van der Waals surface area contributed by atoms with Crippen molar-refractivity contribution >= 4 is 27.5 Å². The van der Waals surface area contributed by atoms with E-state index in [-0.39, 0.29) is 5.56 Å². The minimum absolute atomic E-state index is 0.363. The molecule has 0 aromatic heterocycles. The second-order valence-corrected chi connectivity index (χ2v) is 5.04. The maximum absolute atomic E-state index is 13.6. The van der Waals surface area contributed by atoms with Crippen molar-refractivity contribution in [2.24, 2.45) is 0 Å². The van der Waals surface area contributed by atoms with E-state index in [4.69, 9.17) is 4.74 Å². The second-order valence-electron chi connectivity index (χ2n) is 4.13. The van der Waals surface area contributed by atoms with E-state index in [2.05, 4.69) is 21.2 Å². The maximum atomic E-state index is 13.6. The van der Waals surface area contributed by atoms with Crippen molar-refractivity contribution in [3.63, 3.8) is 0 Å². The summed E-state index contributed by atoms with van der Waals surface area (Å²) in [6, 6.07) is 8.50. The van der Waals surface area contributed by atoms with Crippen molar-refractivity contribution in [3.05, 3.63) is 58.1 Å². The summed E-state index contributed by atoms with van der Waals surface area (Å²) in [7, 11) is 0. The van der Waals surface area contributed by atoms with Gasteiger partial charge in [-0.15, -0.1) is 0 Å². The minimum atomic E-state index is -1.18. The van der Waals surface area contributed by atoms with Gasteiger partial charge in [0.15, 0.2) is 11.6 Å². The number of carbonyl (C=O) groups is 1. The molecule has 0 saturated carbocycles. The lowest BCUT2D eigenvalue weighted by Gasteiger charge is -2.12. The third kappa shape index (κ3) is 3.58. The minimum Gasteiger partial charge on any atom is -0.492 e. The second kappa shape index (κ2) is 6.67. The molecule has 0 aliphatic rings. The lowest BCUT2D eigenvalue weighted by molar-refractivity contribution is 0.102. The molecule has 1 N–H and O–H groups in total. The average Bonchev–Trinajstić information content (AvgIpc) is 2.45. The van der Waals surface area contributed by atoms with Crippen LogP contribution < -0.4 is 10.1 Å². The third-order valence-corrected chi connectivity index (χ3v) is 3.18. The largest absolute Gasteiger partial charge is 0.492 e. The van der Waals surface area contributed by atoms with E-state index < -0.39 is 17.5 Å². The van der Waals surface area contributed by atoms with Gasteiger partial charge < -0.3 is 10.1 Å². The molecule has 0 heterocycles. The van der Waals surface area contributed by atoms with Crippen molar-refractivity contribution in [3.8, 4) is 5.75 Å². The first-order valence-corrected chi connectivity index (χ1v) is 7.00. The Kier molecular flexibility index (Phi) is 4.90. The Morgan fingerprint density at radius 3 is 2.76 bits per heavy atom. The lowest BCUT2D eigenvalue weighted by Crippen LogP contribution is -2.15. The smallest absolute Gasteiger partial charge is 0.258 e. The zero-order valence-corrected chi connectivity index (χ0v) is 12.7. The van der Waals surface area contributed by atoms with Crippen molar-refractivity contribution in [2.75, 3.05) is 11.9 Å². The van der Waals surface area contributed by atoms with Gasteiger partial charge in [0, 0.05) is 4.47 Å². The average molecular weight is 356 g/mol. The molecule has 0 saturated heterocycles. The molecule has 0 atom stereocenters. The first-order valence-electron chi connectivity index (χ1n) is 6.20. The number of ether oxygens (including phenoxy) is 1. The maximum Gasteiger partial charge on any atom is 0.258 e. The van der Waals surface area contributed by atoms with Gasteiger partial charge in [0.2, 0.25) is 0 Å². The first-order chi connectivity index (χ1) is 10.0. The molecular weight excluding hydrogens is 344 g/mol.